The van der Waals surface area contributed by atoms with E-state index in [0.717, 1.165) is 12.1 Å². The predicted molar refractivity (Wildman–Crippen MR) is 79.8 cm³/mol. The molecule has 4 heteroatoms. The molecule has 0 bridgehead atoms. The van der Waals surface area contributed by atoms with Gasteiger partial charge in [0.25, 0.3) is 0 Å². The lowest BCUT2D eigenvalue weighted by Gasteiger charge is -2.13. The molecular formula is C15H15N3S. The van der Waals surface area contributed by atoms with E-state index >= 15 is 0 Å². The van der Waals surface area contributed by atoms with Gasteiger partial charge in [-0.25, -0.2) is 0 Å². The molecule has 0 radical (unpaired) electrons. The van der Waals surface area contributed by atoms with Crippen molar-refractivity contribution in [1.29, 1.82) is 0 Å². The number of hydrazine groups is 1. The molecule has 0 saturated heterocycles. The first-order valence-electron chi connectivity index (χ1n) is 6.21. The molecule has 0 saturated carbocycles. The molecule has 0 aliphatic rings. The summed E-state index contributed by atoms with van der Waals surface area (Å²) in [6, 6.07) is 16.6. The summed E-state index contributed by atoms with van der Waals surface area (Å²) in [4.78, 5) is 5.60. The van der Waals surface area contributed by atoms with E-state index in [0.29, 0.717) is 0 Å². The standard InChI is InChI=1S/C15H15N3S/c16-18-13(10-12-6-3-4-8-17-12)15-9-11-5-1-2-7-14(11)19-15/h1-9,13,18H,10,16H2. The highest BCUT2D eigenvalue weighted by Crippen LogP contribution is 2.30. The van der Waals surface area contributed by atoms with Gasteiger partial charge in [0.15, 0.2) is 0 Å². The summed E-state index contributed by atoms with van der Waals surface area (Å²) in [5.41, 5.74) is 3.94. The molecule has 0 spiro atoms. The molecule has 1 aromatic carbocycles. The van der Waals surface area contributed by atoms with Crippen LogP contribution in [0.5, 0.6) is 0 Å². The average Bonchev–Trinajstić information content (AvgIpc) is 2.89. The first kappa shape index (κ1) is 12.3. The Labute approximate surface area is 116 Å². The Kier molecular flexibility index (Phi) is 3.55. The largest absolute Gasteiger partial charge is 0.271 e. The highest BCUT2D eigenvalue weighted by atomic mass is 32.1. The molecule has 3 aromatic rings. The molecule has 3 nitrogen and oxygen atoms in total. The lowest BCUT2D eigenvalue weighted by atomic mass is 10.1. The molecule has 3 N–H and O–H groups in total. The van der Waals surface area contributed by atoms with Crippen LogP contribution in [0.25, 0.3) is 10.1 Å². The highest BCUT2D eigenvalue weighted by Gasteiger charge is 2.14. The van der Waals surface area contributed by atoms with Crippen LogP contribution in [0.1, 0.15) is 16.6 Å². The van der Waals surface area contributed by atoms with Gasteiger partial charge in [-0.05, 0) is 29.7 Å². The Balaban J connectivity index is 1.89. The second-order valence-electron chi connectivity index (χ2n) is 4.43. The van der Waals surface area contributed by atoms with E-state index in [9.17, 15) is 0 Å². The number of nitrogens with zero attached hydrogens (tertiary/aromatic N) is 1. The molecule has 0 fully saturated rings. The van der Waals surface area contributed by atoms with Gasteiger partial charge >= 0.3 is 0 Å². The van der Waals surface area contributed by atoms with Gasteiger partial charge in [-0.2, -0.15) is 0 Å². The third-order valence-electron chi connectivity index (χ3n) is 3.13. The molecule has 96 valence electrons. The van der Waals surface area contributed by atoms with Crippen LogP contribution in [0.4, 0.5) is 0 Å². The van der Waals surface area contributed by atoms with Crippen LogP contribution >= 0.6 is 11.3 Å². The van der Waals surface area contributed by atoms with Crippen molar-refractivity contribution in [3.8, 4) is 0 Å². The van der Waals surface area contributed by atoms with E-state index in [2.05, 4.69) is 40.7 Å². The van der Waals surface area contributed by atoms with E-state index < -0.39 is 0 Å². The molecule has 3 rings (SSSR count). The summed E-state index contributed by atoms with van der Waals surface area (Å²) >= 11 is 1.78. The SMILES string of the molecule is NNC(Cc1ccccn1)c1cc2ccccc2s1. The minimum atomic E-state index is 0.104. The fourth-order valence-electron chi connectivity index (χ4n) is 2.14. The number of pyridine rings is 1. The number of hydrogen-bond acceptors (Lipinski definition) is 4. The highest BCUT2D eigenvalue weighted by molar-refractivity contribution is 7.19. The molecule has 2 heterocycles. The number of nitrogens with one attached hydrogen (secondary N) is 1. The number of benzene rings is 1. The van der Waals surface area contributed by atoms with Crippen LogP contribution in [-0.4, -0.2) is 4.98 Å². The minimum absolute atomic E-state index is 0.104. The van der Waals surface area contributed by atoms with Crippen molar-refractivity contribution in [1.82, 2.24) is 10.4 Å². The van der Waals surface area contributed by atoms with E-state index in [-0.39, 0.29) is 6.04 Å². The molecular weight excluding hydrogens is 254 g/mol. The zero-order chi connectivity index (χ0) is 13.1. The summed E-state index contributed by atoms with van der Waals surface area (Å²) in [6.45, 7) is 0. The van der Waals surface area contributed by atoms with E-state index in [1.54, 1.807) is 11.3 Å². The fourth-order valence-corrected chi connectivity index (χ4v) is 3.27. The zero-order valence-corrected chi connectivity index (χ0v) is 11.2. The molecule has 1 unspecified atom stereocenters. The van der Waals surface area contributed by atoms with Crippen molar-refractivity contribution < 1.29 is 0 Å². The van der Waals surface area contributed by atoms with Crippen LogP contribution in [0, 0.1) is 0 Å². The van der Waals surface area contributed by atoms with Crippen LogP contribution in [0.15, 0.2) is 54.7 Å². The van der Waals surface area contributed by atoms with E-state index in [1.165, 1.54) is 15.0 Å². The van der Waals surface area contributed by atoms with Crippen molar-refractivity contribution in [2.75, 3.05) is 0 Å². The predicted octanol–water partition coefficient (Wildman–Crippen LogP) is 3.04. The maximum Gasteiger partial charge on any atom is 0.0609 e. The van der Waals surface area contributed by atoms with Gasteiger partial charge in [0, 0.05) is 27.9 Å². The maximum absolute atomic E-state index is 5.70. The Hall–Kier alpha value is -1.75. The van der Waals surface area contributed by atoms with Gasteiger partial charge in [-0.3, -0.25) is 16.3 Å². The van der Waals surface area contributed by atoms with Gasteiger partial charge in [-0.1, -0.05) is 24.3 Å². The quantitative estimate of drug-likeness (QED) is 0.565. The lowest BCUT2D eigenvalue weighted by Crippen LogP contribution is -2.29. The number of thiophene rings is 1. The minimum Gasteiger partial charge on any atom is -0.271 e. The topological polar surface area (TPSA) is 50.9 Å². The Morgan fingerprint density at radius 2 is 2.00 bits per heavy atom. The molecule has 19 heavy (non-hydrogen) atoms. The average molecular weight is 269 g/mol. The third kappa shape index (κ3) is 2.66. The second kappa shape index (κ2) is 5.48. The van der Waals surface area contributed by atoms with Gasteiger partial charge < -0.3 is 0 Å². The number of hydrogen-bond donors (Lipinski definition) is 2. The van der Waals surface area contributed by atoms with Crippen LogP contribution < -0.4 is 11.3 Å². The van der Waals surface area contributed by atoms with Crippen LogP contribution in [-0.2, 0) is 6.42 Å². The zero-order valence-electron chi connectivity index (χ0n) is 10.4. The monoisotopic (exact) mass is 269 g/mol. The second-order valence-corrected chi connectivity index (χ2v) is 5.55. The summed E-state index contributed by atoms with van der Waals surface area (Å²) in [5, 5.41) is 1.27. The van der Waals surface area contributed by atoms with Crippen molar-refractivity contribution in [3.63, 3.8) is 0 Å². The Morgan fingerprint density at radius 3 is 2.74 bits per heavy atom. The maximum atomic E-state index is 5.70. The van der Waals surface area contributed by atoms with Gasteiger partial charge in [-0.15, -0.1) is 11.3 Å². The summed E-state index contributed by atoms with van der Waals surface area (Å²) < 4.78 is 1.29. The number of nitrogens with two attached hydrogens (primary N) is 1. The molecule has 0 aliphatic carbocycles. The summed E-state index contributed by atoms with van der Waals surface area (Å²) in [5.74, 6) is 5.70. The van der Waals surface area contributed by atoms with Gasteiger partial charge in [0.2, 0.25) is 0 Å². The normalized spacial score (nSPS) is 12.7. The van der Waals surface area contributed by atoms with Crippen molar-refractivity contribution >= 4 is 21.4 Å². The number of aromatic nitrogens is 1. The van der Waals surface area contributed by atoms with Gasteiger partial charge in [0.1, 0.15) is 0 Å². The number of rotatable bonds is 4. The summed E-state index contributed by atoms with van der Waals surface area (Å²) in [7, 11) is 0. The first-order chi connectivity index (χ1) is 9.36. The third-order valence-corrected chi connectivity index (χ3v) is 4.36. The van der Waals surface area contributed by atoms with Crippen molar-refractivity contribution in [2.45, 2.75) is 12.5 Å². The lowest BCUT2D eigenvalue weighted by molar-refractivity contribution is 0.554. The van der Waals surface area contributed by atoms with Gasteiger partial charge in [0.05, 0.1) is 6.04 Å². The van der Waals surface area contributed by atoms with E-state index in [1.807, 2.05) is 24.4 Å². The number of fused-ring (bicyclic) bond motifs is 1. The van der Waals surface area contributed by atoms with E-state index in [4.69, 9.17) is 5.84 Å². The molecule has 1 atom stereocenters. The Bertz CT molecular complexity index is 630. The van der Waals surface area contributed by atoms with Crippen molar-refractivity contribution in [3.05, 3.63) is 65.3 Å². The smallest absolute Gasteiger partial charge is 0.0609 e. The first-order valence-corrected chi connectivity index (χ1v) is 7.03. The summed E-state index contributed by atoms with van der Waals surface area (Å²) in [6.07, 6.45) is 2.61. The molecule has 0 amide bonds. The molecule has 2 aromatic heterocycles. The fraction of sp³-hybridized carbons (Fsp3) is 0.133. The van der Waals surface area contributed by atoms with Crippen LogP contribution in [0.2, 0.25) is 0 Å². The molecule has 0 aliphatic heterocycles. The Morgan fingerprint density at radius 1 is 1.16 bits per heavy atom. The van der Waals surface area contributed by atoms with Crippen LogP contribution in [0.3, 0.4) is 0 Å². The van der Waals surface area contributed by atoms with Crippen molar-refractivity contribution in [2.24, 2.45) is 5.84 Å².